The van der Waals surface area contributed by atoms with Crippen LogP contribution in [-0.2, 0) is 0 Å². The van der Waals surface area contributed by atoms with Crippen molar-refractivity contribution < 1.29 is 0 Å². The van der Waals surface area contributed by atoms with E-state index >= 15 is 0 Å². The van der Waals surface area contributed by atoms with Gasteiger partial charge in [0.15, 0.2) is 11.6 Å². The summed E-state index contributed by atoms with van der Waals surface area (Å²) in [6.07, 6.45) is 11.5. The van der Waals surface area contributed by atoms with Crippen molar-refractivity contribution in [1.82, 2.24) is 44.9 Å². The average Bonchev–Trinajstić information content (AvgIpc) is 0.865. The van der Waals surface area contributed by atoms with Crippen molar-refractivity contribution in [2.24, 2.45) is 0 Å². The van der Waals surface area contributed by atoms with Gasteiger partial charge in [0.2, 0.25) is 0 Å². The molecule has 1 N–H and O–H groups in total. The minimum atomic E-state index is 0.329. The number of allylic oxidation sites excluding steroid dienone is 3. The zero-order valence-electron chi connectivity index (χ0n) is 63.0. The Labute approximate surface area is 673 Å². The van der Waals surface area contributed by atoms with E-state index in [4.69, 9.17) is 45.3 Å². The standard InChI is InChI=1S/C53H35N5.C53H37N5/c1-4-12-36(13-5-1)45-32-51(56-52(33-45)48-31-28-41-16-10-11-19-46(41)55-48)47-30-29-44(35-54-47)39-22-20-37(21-23-39)38-24-26-42(27-25-38)50-34-49(40-14-6-2-7-15-40)57-53(58-50)43-17-8-3-9-18-43;54-49(33-45(37-12-4-1-5-13-37)28-30-48-32-44-18-10-11-19-46(44)35-55-48)50-31-29-47(36-56-50)40-22-20-38(21-23-40)39-24-26-42(27-25-39)52-34-51(41-14-6-2-7-15-41)57-53(58-52)43-16-8-3-9-17-43/h1-35H;1-36,54H/b;30-28+,45-33+,54-49?. The Kier molecular flexibility index (Phi) is 20.7. The molecule has 0 fully saturated rings. The first kappa shape index (κ1) is 71.8. The molecule has 19 rings (SSSR count). The largest absolute Gasteiger partial charge is 0.299 e. The molecule has 10 heteroatoms. The fourth-order valence-corrected chi connectivity index (χ4v) is 14.2. The van der Waals surface area contributed by atoms with Crippen molar-refractivity contribution in [2.75, 3.05) is 0 Å². The van der Waals surface area contributed by atoms with E-state index in [9.17, 15) is 0 Å². The molecule has 0 saturated carbocycles. The fraction of sp³-hybridized carbons (Fsp3) is 0. The van der Waals surface area contributed by atoms with Crippen molar-refractivity contribution in [2.45, 2.75) is 0 Å². The van der Waals surface area contributed by atoms with Gasteiger partial charge in [0.1, 0.15) is 0 Å². The summed E-state index contributed by atoms with van der Waals surface area (Å²) in [5.74, 6) is 1.41. The number of fused-ring (bicyclic) bond motifs is 2. The lowest BCUT2D eigenvalue weighted by atomic mass is 9.99. The molecule has 19 aromatic rings. The van der Waals surface area contributed by atoms with Crippen LogP contribution in [0.4, 0.5) is 0 Å². The summed E-state index contributed by atoms with van der Waals surface area (Å²) in [4.78, 5) is 44.1. The normalized spacial score (nSPS) is 11.3. The predicted molar refractivity (Wildman–Crippen MR) is 475 cm³/mol. The van der Waals surface area contributed by atoms with Gasteiger partial charge >= 0.3 is 0 Å². The van der Waals surface area contributed by atoms with Gasteiger partial charge in [-0.15, -0.1) is 0 Å². The van der Waals surface area contributed by atoms with E-state index in [1.165, 1.54) is 0 Å². The van der Waals surface area contributed by atoms with Crippen molar-refractivity contribution in [3.63, 3.8) is 0 Å². The summed E-state index contributed by atoms with van der Waals surface area (Å²) in [5, 5.41) is 12.3. The Morgan fingerprint density at radius 2 is 0.595 bits per heavy atom. The van der Waals surface area contributed by atoms with E-state index in [0.29, 0.717) is 23.1 Å². The van der Waals surface area contributed by atoms with Crippen LogP contribution in [-0.4, -0.2) is 50.6 Å². The number of para-hydroxylation sites is 1. The van der Waals surface area contributed by atoms with Gasteiger partial charge in [-0.3, -0.25) is 20.4 Å². The number of pyridine rings is 5. The van der Waals surface area contributed by atoms with Crippen LogP contribution in [0.2, 0.25) is 0 Å². The number of aromatic nitrogens is 9. The number of rotatable bonds is 18. The molecule has 0 atom stereocenters. The third kappa shape index (κ3) is 16.5. The van der Waals surface area contributed by atoms with Crippen molar-refractivity contribution in [1.29, 1.82) is 5.41 Å². The van der Waals surface area contributed by atoms with E-state index in [2.05, 4.69) is 217 Å². The molecule has 0 aliphatic heterocycles. The molecule has 12 aromatic carbocycles. The highest BCUT2D eigenvalue weighted by atomic mass is 14.9. The van der Waals surface area contributed by atoms with Crippen LogP contribution in [0.5, 0.6) is 0 Å². The van der Waals surface area contributed by atoms with Gasteiger partial charge in [0.25, 0.3) is 0 Å². The Morgan fingerprint density at radius 1 is 0.224 bits per heavy atom. The first-order valence-electron chi connectivity index (χ1n) is 38.5. The summed E-state index contributed by atoms with van der Waals surface area (Å²) in [6, 6.07) is 135. The molecule has 10 nitrogen and oxygen atoms in total. The summed E-state index contributed by atoms with van der Waals surface area (Å²) in [6.45, 7) is 0. The number of nitrogens with one attached hydrogen (secondary N) is 1. The topological polar surface area (TPSA) is 140 Å². The second-order valence-corrected chi connectivity index (χ2v) is 28.1. The first-order chi connectivity index (χ1) is 57.3. The lowest BCUT2D eigenvalue weighted by Crippen LogP contribution is -1.99. The average molecular weight is 1490 g/mol. The molecule has 0 amide bonds. The molecule has 0 unspecified atom stereocenters. The quantitative estimate of drug-likeness (QED) is 0.0657. The molecular formula is C106H72N10. The highest BCUT2D eigenvalue weighted by Gasteiger charge is 2.17. The number of nitrogens with zero attached hydrogens (tertiary/aromatic N) is 9. The molecule has 0 saturated heterocycles. The van der Waals surface area contributed by atoms with E-state index in [0.717, 1.165) is 173 Å². The van der Waals surface area contributed by atoms with E-state index < -0.39 is 0 Å². The smallest absolute Gasteiger partial charge is 0.160 e. The summed E-state index contributed by atoms with van der Waals surface area (Å²) >= 11 is 0. The van der Waals surface area contributed by atoms with Crippen LogP contribution >= 0.6 is 0 Å². The highest BCUT2D eigenvalue weighted by Crippen LogP contribution is 2.36. The van der Waals surface area contributed by atoms with Crippen LogP contribution in [0.25, 0.3) is 180 Å². The maximum Gasteiger partial charge on any atom is 0.160 e. The molecule has 116 heavy (non-hydrogen) atoms. The number of hydrogen-bond donors (Lipinski definition) is 1. The van der Waals surface area contributed by atoms with Gasteiger partial charge in [-0.1, -0.05) is 346 Å². The van der Waals surface area contributed by atoms with Crippen LogP contribution in [0.15, 0.2) is 425 Å². The molecule has 0 radical (unpaired) electrons. The van der Waals surface area contributed by atoms with Crippen LogP contribution < -0.4 is 0 Å². The molecule has 7 aromatic heterocycles. The lowest BCUT2D eigenvalue weighted by molar-refractivity contribution is 1.18. The highest BCUT2D eigenvalue weighted by molar-refractivity contribution is 6.10. The molecule has 0 spiro atoms. The second kappa shape index (κ2) is 33.4. The van der Waals surface area contributed by atoms with Crippen LogP contribution in [0.3, 0.4) is 0 Å². The minimum Gasteiger partial charge on any atom is -0.299 e. The molecule has 7 heterocycles. The molecule has 0 bridgehead atoms. The molecular weight excluding hydrogens is 1410 g/mol. The maximum absolute atomic E-state index is 8.97. The van der Waals surface area contributed by atoms with Crippen molar-refractivity contribution >= 4 is 39.0 Å². The Balaban J connectivity index is 0.000000161. The van der Waals surface area contributed by atoms with Gasteiger partial charge in [0.05, 0.1) is 68.2 Å². The van der Waals surface area contributed by atoms with E-state index in [1.54, 1.807) is 0 Å². The Morgan fingerprint density at radius 3 is 1.07 bits per heavy atom. The van der Waals surface area contributed by atoms with Crippen molar-refractivity contribution in [3.05, 3.63) is 442 Å². The van der Waals surface area contributed by atoms with Gasteiger partial charge in [-0.25, -0.2) is 29.9 Å². The van der Waals surface area contributed by atoms with Gasteiger partial charge in [-0.05, 0) is 128 Å². The van der Waals surface area contributed by atoms with Crippen molar-refractivity contribution in [3.8, 4) is 146 Å². The van der Waals surface area contributed by atoms with E-state index in [1.807, 2.05) is 219 Å². The lowest BCUT2D eigenvalue weighted by Gasteiger charge is -2.11. The zero-order valence-corrected chi connectivity index (χ0v) is 63.0. The third-order valence-corrected chi connectivity index (χ3v) is 20.5. The van der Waals surface area contributed by atoms with E-state index in [-0.39, 0.29) is 0 Å². The van der Waals surface area contributed by atoms with Gasteiger partial charge in [0, 0.05) is 73.9 Å². The monoisotopic (exact) mass is 1480 g/mol. The fourth-order valence-electron chi connectivity index (χ4n) is 14.2. The Bertz CT molecular complexity index is 6620. The first-order valence-corrected chi connectivity index (χ1v) is 38.5. The predicted octanol–water partition coefficient (Wildman–Crippen LogP) is 26.1. The van der Waals surface area contributed by atoms with Crippen LogP contribution in [0, 0.1) is 5.41 Å². The van der Waals surface area contributed by atoms with Gasteiger partial charge in [-0.2, -0.15) is 0 Å². The van der Waals surface area contributed by atoms with Gasteiger partial charge < -0.3 is 0 Å². The second-order valence-electron chi connectivity index (χ2n) is 28.1. The summed E-state index contributed by atoms with van der Waals surface area (Å²) in [7, 11) is 0. The third-order valence-electron chi connectivity index (χ3n) is 20.5. The minimum absolute atomic E-state index is 0.329. The molecule has 0 aliphatic carbocycles. The molecule has 546 valence electrons. The number of hydrogen-bond acceptors (Lipinski definition) is 10. The SMILES string of the molecule is N=C(/C=C(\C=C\c1cc2ccccc2cn1)c1ccccc1)c1ccc(-c2ccc(-c3ccc(-c4cc(-c5ccccc5)nc(-c5ccccc5)n4)cc3)cc2)cn1.c1ccc(-c2cc(-c3ccc(-c4ccc(-c5ccc(-c6cc(-c7ccccc7)nc(-c7ccccc7)n6)cc5)cc4)cn3)nc(-c3ccc4ccccc4n3)c2)cc1. The molecule has 0 aliphatic rings. The summed E-state index contributed by atoms with van der Waals surface area (Å²) < 4.78 is 0. The Hall–Kier alpha value is -15.8. The number of benzene rings is 12. The summed E-state index contributed by atoms with van der Waals surface area (Å²) in [5.41, 5.74) is 28.4. The zero-order chi connectivity index (χ0) is 77.8. The maximum atomic E-state index is 8.97. The van der Waals surface area contributed by atoms with Crippen LogP contribution in [0.1, 0.15) is 17.0 Å².